The first-order valence-electron chi connectivity index (χ1n) is 11.9. The van der Waals surface area contributed by atoms with Crippen LogP contribution in [0.3, 0.4) is 0 Å². The van der Waals surface area contributed by atoms with Crippen molar-refractivity contribution < 1.29 is 19.5 Å². The van der Waals surface area contributed by atoms with Gasteiger partial charge in [0.25, 0.3) is 0 Å². The van der Waals surface area contributed by atoms with Gasteiger partial charge in [-0.2, -0.15) is 0 Å². The van der Waals surface area contributed by atoms with E-state index in [1.165, 1.54) is 0 Å². The van der Waals surface area contributed by atoms with Gasteiger partial charge in [-0.25, -0.2) is 0 Å². The number of carbonyl (C=O) groups is 2. The highest BCUT2D eigenvalue weighted by Gasteiger charge is 2.84. The Balaban J connectivity index is 1.82. The molecule has 3 saturated carbocycles. The molecular weight excluding hydrogens is 378 g/mol. The van der Waals surface area contributed by atoms with E-state index in [2.05, 4.69) is 38.9 Å². The first-order chi connectivity index (χ1) is 14.3. The molecule has 0 amide bonds. The maximum atomic E-state index is 13.2. The number of oxime groups is 1. The second kappa shape index (κ2) is 7.49. The molecule has 7 atom stereocenters. The standard InChI is InChI=1S/C25H37NO4/c1-5-6-7-10-30-26-14-23-13-19-17(4)8-9-20(19)24(15-27)12-18(23)11-21(16(2)3)25(23,24)22(28)29/h11,14-20H,5-10,12-13H2,1-4H3,(H,28,29)/b26-14+. The van der Waals surface area contributed by atoms with Crippen LogP contribution in [0.2, 0.25) is 0 Å². The largest absolute Gasteiger partial charge is 0.481 e. The van der Waals surface area contributed by atoms with E-state index >= 15 is 0 Å². The number of carboxylic acid groups (broad SMARTS) is 1. The van der Waals surface area contributed by atoms with Crippen molar-refractivity contribution in [3.8, 4) is 0 Å². The normalized spacial score (nSPS) is 43.8. The summed E-state index contributed by atoms with van der Waals surface area (Å²) in [6, 6.07) is 0. The van der Waals surface area contributed by atoms with E-state index in [9.17, 15) is 14.7 Å². The van der Waals surface area contributed by atoms with Crippen LogP contribution >= 0.6 is 0 Å². The fourth-order valence-electron chi connectivity index (χ4n) is 8.09. The molecule has 0 heterocycles. The minimum atomic E-state index is -1.19. The molecule has 1 N–H and O–H groups in total. The van der Waals surface area contributed by atoms with Gasteiger partial charge < -0.3 is 14.7 Å². The van der Waals surface area contributed by atoms with Crippen LogP contribution in [0.25, 0.3) is 0 Å². The number of allylic oxidation sites excluding steroid dienone is 1. The zero-order valence-corrected chi connectivity index (χ0v) is 18.9. The third-order valence-electron chi connectivity index (χ3n) is 9.20. The molecule has 166 valence electrons. The van der Waals surface area contributed by atoms with E-state index in [1.54, 1.807) is 0 Å². The topological polar surface area (TPSA) is 76.0 Å². The van der Waals surface area contributed by atoms with Crippen molar-refractivity contribution in [3.05, 3.63) is 11.6 Å². The minimum absolute atomic E-state index is 0.0389. The third-order valence-corrected chi connectivity index (χ3v) is 9.20. The van der Waals surface area contributed by atoms with Crippen molar-refractivity contribution in [1.82, 2.24) is 0 Å². The molecule has 5 nitrogen and oxygen atoms in total. The molecule has 0 saturated heterocycles. The molecule has 0 aromatic heterocycles. The lowest BCUT2D eigenvalue weighted by Gasteiger charge is -2.57. The van der Waals surface area contributed by atoms with Crippen molar-refractivity contribution in [2.24, 2.45) is 51.0 Å². The van der Waals surface area contributed by atoms with E-state index in [4.69, 9.17) is 4.84 Å². The molecule has 30 heavy (non-hydrogen) atoms. The molecular formula is C25H37NO4. The monoisotopic (exact) mass is 415 g/mol. The Bertz CT molecular complexity index is 773. The van der Waals surface area contributed by atoms with Crippen LogP contribution in [0.4, 0.5) is 0 Å². The predicted octanol–water partition coefficient (Wildman–Crippen LogP) is 5.10. The van der Waals surface area contributed by atoms with Crippen LogP contribution in [0.5, 0.6) is 0 Å². The van der Waals surface area contributed by atoms with Gasteiger partial charge in [0.2, 0.25) is 0 Å². The highest BCUT2D eigenvalue weighted by Crippen LogP contribution is 2.82. The van der Waals surface area contributed by atoms with E-state index in [-0.39, 0.29) is 17.8 Å². The van der Waals surface area contributed by atoms with Gasteiger partial charge in [-0.1, -0.05) is 63.8 Å². The highest BCUT2D eigenvalue weighted by molar-refractivity contribution is 5.96. The fraction of sp³-hybridized carbons (Fsp3) is 0.800. The quantitative estimate of drug-likeness (QED) is 0.187. The lowest BCUT2D eigenvalue weighted by molar-refractivity contribution is -0.173. The first-order valence-corrected chi connectivity index (χ1v) is 11.9. The summed E-state index contributed by atoms with van der Waals surface area (Å²) >= 11 is 0. The van der Waals surface area contributed by atoms with Gasteiger partial charge >= 0.3 is 5.97 Å². The average Bonchev–Trinajstić information content (AvgIpc) is 3.27. The van der Waals surface area contributed by atoms with Crippen LogP contribution in [0, 0.1) is 45.8 Å². The highest BCUT2D eigenvalue weighted by atomic mass is 16.6. The molecule has 4 aliphatic carbocycles. The van der Waals surface area contributed by atoms with Gasteiger partial charge in [-0.05, 0) is 55.3 Å². The molecule has 0 aromatic carbocycles. The second-order valence-corrected chi connectivity index (χ2v) is 10.6. The van der Waals surface area contributed by atoms with Crippen molar-refractivity contribution in [2.75, 3.05) is 6.61 Å². The summed E-state index contributed by atoms with van der Waals surface area (Å²) < 4.78 is 0. The number of aldehydes is 1. The summed E-state index contributed by atoms with van der Waals surface area (Å²) in [4.78, 5) is 31.7. The smallest absolute Gasteiger partial charge is 0.315 e. The van der Waals surface area contributed by atoms with E-state index in [0.29, 0.717) is 24.9 Å². The number of unbranched alkanes of at least 4 members (excludes halogenated alkanes) is 2. The SMILES string of the molecule is CCCCCO/N=C/C12CC3C(C)CCC3C3(C=O)CC1C=C(C(C)C)C32C(=O)O. The summed E-state index contributed by atoms with van der Waals surface area (Å²) in [6.45, 7) is 9.09. The summed E-state index contributed by atoms with van der Waals surface area (Å²) in [7, 11) is 0. The fourth-order valence-corrected chi connectivity index (χ4v) is 8.09. The number of aliphatic carboxylic acids is 1. The minimum Gasteiger partial charge on any atom is -0.481 e. The average molecular weight is 416 g/mol. The molecule has 0 aliphatic heterocycles. The van der Waals surface area contributed by atoms with Crippen LogP contribution < -0.4 is 0 Å². The Hall–Kier alpha value is -1.65. The van der Waals surface area contributed by atoms with Crippen molar-refractivity contribution in [3.63, 3.8) is 0 Å². The molecule has 4 bridgehead atoms. The molecule has 4 aliphatic rings. The van der Waals surface area contributed by atoms with Crippen molar-refractivity contribution >= 4 is 18.5 Å². The van der Waals surface area contributed by atoms with E-state index < -0.39 is 22.2 Å². The molecule has 7 unspecified atom stereocenters. The Kier molecular flexibility index (Phi) is 5.39. The van der Waals surface area contributed by atoms with E-state index in [1.807, 2.05) is 6.21 Å². The van der Waals surface area contributed by atoms with Crippen molar-refractivity contribution in [1.29, 1.82) is 0 Å². The van der Waals surface area contributed by atoms with Crippen LogP contribution in [-0.4, -0.2) is 30.2 Å². The first kappa shape index (κ1) is 21.6. The van der Waals surface area contributed by atoms with Gasteiger partial charge in [0.15, 0.2) is 0 Å². The maximum absolute atomic E-state index is 13.2. The third kappa shape index (κ3) is 2.44. The Morgan fingerprint density at radius 1 is 1.30 bits per heavy atom. The molecule has 3 fully saturated rings. The summed E-state index contributed by atoms with van der Waals surface area (Å²) in [5.41, 5.74) is -1.75. The second-order valence-electron chi connectivity index (χ2n) is 10.6. The molecule has 4 rings (SSSR count). The molecule has 0 spiro atoms. The van der Waals surface area contributed by atoms with Gasteiger partial charge in [-0.3, -0.25) is 4.79 Å². The molecule has 0 aromatic rings. The number of carboxylic acids is 1. The maximum Gasteiger partial charge on any atom is 0.315 e. The number of fused-ring (bicyclic) bond motifs is 2. The van der Waals surface area contributed by atoms with Crippen LogP contribution in [0.15, 0.2) is 16.8 Å². The summed E-state index contributed by atoms with van der Waals surface area (Å²) in [6.07, 6.45) is 11.7. The number of nitrogens with zero attached hydrogens (tertiary/aromatic N) is 1. The van der Waals surface area contributed by atoms with Crippen LogP contribution in [0.1, 0.15) is 72.6 Å². The van der Waals surface area contributed by atoms with E-state index in [0.717, 1.165) is 50.4 Å². The van der Waals surface area contributed by atoms with Gasteiger partial charge in [0, 0.05) is 5.41 Å². The Labute approximate surface area is 180 Å². The lowest BCUT2D eigenvalue weighted by Crippen LogP contribution is -2.63. The van der Waals surface area contributed by atoms with Gasteiger partial charge in [0.1, 0.15) is 18.3 Å². The Morgan fingerprint density at radius 2 is 2.07 bits per heavy atom. The number of rotatable bonds is 9. The summed E-state index contributed by atoms with van der Waals surface area (Å²) in [5.74, 6) is 0.319. The lowest BCUT2D eigenvalue weighted by atomic mass is 9.43. The zero-order valence-electron chi connectivity index (χ0n) is 18.9. The van der Waals surface area contributed by atoms with Gasteiger partial charge in [-0.15, -0.1) is 0 Å². The van der Waals surface area contributed by atoms with Crippen LogP contribution in [-0.2, 0) is 14.4 Å². The van der Waals surface area contributed by atoms with Gasteiger partial charge in [0.05, 0.1) is 11.6 Å². The van der Waals surface area contributed by atoms with Crippen molar-refractivity contribution in [2.45, 2.75) is 72.6 Å². The number of hydrogen-bond donors (Lipinski definition) is 1. The zero-order chi connectivity index (χ0) is 21.7. The molecule has 5 heteroatoms. The number of hydrogen-bond acceptors (Lipinski definition) is 4. The number of carbonyl (C=O) groups excluding carboxylic acids is 1. The molecule has 0 radical (unpaired) electrons. The predicted molar refractivity (Wildman–Crippen MR) is 116 cm³/mol. The Morgan fingerprint density at radius 3 is 2.70 bits per heavy atom. The summed E-state index contributed by atoms with van der Waals surface area (Å²) in [5, 5.41) is 15.2.